The van der Waals surface area contributed by atoms with Crippen molar-refractivity contribution >= 4 is 33.4 Å². The Kier molecular flexibility index (Phi) is 4.31. The lowest BCUT2D eigenvalue weighted by Crippen LogP contribution is -2.42. The number of aryl methyl sites for hydroxylation is 1. The number of carbonyl (C=O) groups excluding carboxylic acids is 1. The zero-order valence-corrected chi connectivity index (χ0v) is 11.7. The Hall–Kier alpha value is -1.99. The second-order valence-corrected chi connectivity index (χ2v) is 5.36. The number of thiophene rings is 1. The van der Waals surface area contributed by atoms with E-state index in [1.165, 1.54) is 11.3 Å². The SMILES string of the molecule is CCc1ccnc2cc(C(=O)NC[C@@H](N)C(=O)O)sc12. The Morgan fingerprint density at radius 1 is 1.55 bits per heavy atom. The average Bonchev–Trinajstić information content (AvgIpc) is 2.87. The monoisotopic (exact) mass is 293 g/mol. The first-order valence-corrected chi connectivity index (χ1v) is 6.98. The molecule has 7 heteroatoms. The van der Waals surface area contributed by atoms with Crippen molar-refractivity contribution in [2.75, 3.05) is 6.54 Å². The van der Waals surface area contributed by atoms with Crippen molar-refractivity contribution in [2.24, 2.45) is 5.73 Å². The average molecular weight is 293 g/mol. The van der Waals surface area contributed by atoms with Crippen molar-refractivity contribution in [3.8, 4) is 0 Å². The van der Waals surface area contributed by atoms with Gasteiger partial charge >= 0.3 is 5.97 Å². The molecule has 0 bridgehead atoms. The van der Waals surface area contributed by atoms with Crippen LogP contribution in [0.4, 0.5) is 0 Å². The minimum Gasteiger partial charge on any atom is -0.480 e. The van der Waals surface area contributed by atoms with Gasteiger partial charge in [-0.25, -0.2) is 0 Å². The molecule has 106 valence electrons. The summed E-state index contributed by atoms with van der Waals surface area (Å²) < 4.78 is 0.989. The Balaban J connectivity index is 2.17. The molecular weight excluding hydrogens is 278 g/mol. The standard InChI is InChI=1S/C13H15N3O3S/c1-2-7-3-4-15-9-5-10(20-11(7)9)12(17)16-6-8(14)13(18)19/h3-5,8H,2,6,14H2,1H3,(H,16,17)(H,18,19)/t8-/m1/s1. The predicted molar refractivity (Wildman–Crippen MR) is 76.9 cm³/mol. The van der Waals surface area contributed by atoms with Crippen molar-refractivity contribution in [3.05, 3.63) is 28.8 Å². The van der Waals surface area contributed by atoms with Crippen molar-refractivity contribution in [2.45, 2.75) is 19.4 Å². The third kappa shape index (κ3) is 2.94. The van der Waals surface area contributed by atoms with E-state index in [1.54, 1.807) is 12.3 Å². The zero-order chi connectivity index (χ0) is 14.7. The highest BCUT2D eigenvalue weighted by Crippen LogP contribution is 2.27. The van der Waals surface area contributed by atoms with Gasteiger partial charge in [0.1, 0.15) is 6.04 Å². The number of carboxylic acids is 1. The van der Waals surface area contributed by atoms with Crippen LogP contribution in [0, 0.1) is 0 Å². The van der Waals surface area contributed by atoms with Gasteiger partial charge in [0.25, 0.3) is 5.91 Å². The molecule has 0 saturated carbocycles. The van der Waals surface area contributed by atoms with E-state index >= 15 is 0 Å². The molecule has 1 amide bonds. The number of pyridine rings is 1. The van der Waals surface area contributed by atoms with Crippen LogP contribution in [0.5, 0.6) is 0 Å². The Labute approximate surface area is 119 Å². The lowest BCUT2D eigenvalue weighted by Gasteiger charge is -2.06. The molecule has 6 nitrogen and oxygen atoms in total. The van der Waals surface area contributed by atoms with Gasteiger partial charge in [0.05, 0.1) is 15.1 Å². The molecule has 20 heavy (non-hydrogen) atoms. The number of nitrogens with zero attached hydrogens (tertiary/aromatic N) is 1. The first-order chi connectivity index (χ1) is 9.52. The molecule has 0 aliphatic rings. The fraction of sp³-hybridized carbons (Fsp3) is 0.308. The largest absolute Gasteiger partial charge is 0.480 e. The van der Waals surface area contributed by atoms with Gasteiger partial charge in [-0.05, 0) is 24.1 Å². The normalized spacial score (nSPS) is 12.3. The topological polar surface area (TPSA) is 105 Å². The molecule has 0 aliphatic carbocycles. The number of rotatable bonds is 5. The lowest BCUT2D eigenvalue weighted by molar-refractivity contribution is -0.138. The summed E-state index contributed by atoms with van der Waals surface area (Å²) in [5.74, 6) is -1.47. The highest BCUT2D eigenvalue weighted by atomic mass is 32.1. The summed E-state index contributed by atoms with van der Waals surface area (Å²) in [7, 11) is 0. The molecule has 0 saturated heterocycles. The number of aliphatic carboxylic acids is 1. The van der Waals surface area contributed by atoms with Gasteiger partial charge in [0.15, 0.2) is 0 Å². The van der Waals surface area contributed by atoms with E-state index in [0.717, 1.165) is 22.2 Å². The quantitative estimate of drug-likeness (QED) is 0.762. The maximum Gasteiger partial charge on any atom is 0.322 e. The van der Waals surface area contributed by atoms with Crippen molar-refractivity contribution < 1.29 is 14.7 Å². The lowest BCUT2D eigenvalue weighted by atomic mass is 10.2. The summed E-state index contributed by atoms with van der Waals surface area (Å²) in [6.45, 7) is 1.94. The Morgan fingerprint density at radius 2 is 2.30 bits per heavy atom. The molecule has 2 aromatic rings. The van der Waals surface area contributed by atoms with Gasteiger partial charge in [0.2, 0.25) is 0 Å². The minimum absolute atomic E-state index is 0.101. The van der Waals surface area contributed by atoms with Crippen LogP contribution in [0.3, 0.4) is 0 Å². The van der Waals surface area contributed by atoms with E-state index in [1.807, 2.05) is 13.0 Å². The van der Waals surface area contributed by atoms with Crippen LogP contribution in [0.1, 0.15) is 22.2 Å². The number of fused-ring (bicyclic) bond motifs is 1. The third-order valence-corrected chi connectivity index (χ3v) is 4.10. The number of hydrogen-bond donors (Lipinski definition) is 3. The molecule has 0 aliphatic heterocycles. The number of carbonyl (C=O) groups is 2. The number of nitrogens with two attached hydrogens (primary N) is 1. The molecule has 4 N–H and O–H groups in total. The minimum atomic E-state index is -1.14. The molecule has 2 aromatic heterocycles. The highest BCUT2D eigenvalue weighted by Gasteiger charge is 2.16. The molecule has 0 radical (unpaired) electrons. The van der Waals surface area contributed by atoms with E-state index in [9.17, 15) is 9.59 Å². The van der Waals surface area contributed by atoms with Crippen LogP contribution in [0.2, 0.25) is 0 Å². The van der Waals surface area contributed by atoms with E-state index in [-0.39, 0.29) is 12.5 Å². The summed E-state index contributed by atoms with van der Waals surface area (Å²) in [6, 6.07) is 2.54. The van der Waals surface area contributed by atoms with Crippen LogP contribution in [0.25, 0.3) is 10.2 Å². The molecular formula is C13H15N3O3S. The second kappa shape index (κ2) is 5.98. The first-order valence-electron chi connectivity index (χ1n) is 6.17. The van der Waals surface area contributed by atoms with Gasteiger partial charge in [0, 0.05) is 12.7 Å². The van der Waals surface area contributed by atoms with Gasteiger partial charge in [-0.1, -0.05) is 6.92 Å². The molecule has 0 aromatic carbocycles. The molecule has 1 atom stereocenters. The second-order valence-electron chi connectivity index (χ2n) is 4.30. The van der Waals surface area contributed by atoms with E-state index in [4.69, 9.17) is 10.8 Å². The molecule has 2 rings (SSSR count). The van der Waals surface area contributed by atoms with Crippen LogP contribution in [0.15, 0.2) is 18.3 Å². The van der Waals surface area contributed by atoms with Gasteiger partial charge in [-0.15, -0.1) is 11.3 Å². The van der Waals surface area contributed by atoms with Gasteiger partial charge in [-0.2, -0.15) is 0 Å². The van der Waals surface area contributed by atoms with Crippen LogP contribution < -0.4 is 11.1 Å². The van der Waals surface area contributed by atoms with Crippen molar-refractivity contribution in [3.63, 3.8) is 0 Å². The van der Waals surface area contributed by atoms with Gasteiger partial charge < -0.3 is 16.2 Å². The smallest absolute Gasteiger partial charge is 0.322 e. The van der Waals surface area contributed by atoms with Crippen molar-refractivity contribution in [1.82, 2.24) is 10.3 Å². The number of nitrogens with one attached hydrogen (secondary N) is 1. The summed E-state index contributed by atoms with van der Waals surface area (Å²) in [5, 5.41) is 11.2. The number of carboxylic acid groups (broad SMARTS) is 1. The zero-order valence-electron chi connectivity index (χ0n) is 10.9. The van der Waals surface area contributed by atoms with E-state index < -0.39 is 12.0 Å². The predicted octanol–water partition coefficient (Wildman–Crippen LogP) is 1.00. The summed E-state index contributed by atoms with van der Waals surface area (Å²) in [6.07, 6.45) is 2.58. The van der Waals surface area contributed by atoms with Crippen LogP contribution >= 0.6 is 11.3 Å². The van der Waals surface area contributed by atoms with Crippen molar-refractivity contribution in [1.29, 1.82) is 0 Å². The Morgan fingerprint density at radius 3 is 2.95 bits per heavy atom. The molecule has 0 spiro atoms. The van der Waals surface area contributed by atoms with Crippen LogP contribution in [-0.4, -0.2) is 34.6 Å². The maximum absolute atomic E-state index is 12.0. The fourth-order valence-electron chi connectivity index (χ4n) is 1.76. The number of aromatic nitrogens is 1. The summed E-state index contributed by atoms with van der Waals surface area (Å²) in [4.78, 5) is 27.3. The Bertz CT molecular complexity index is 653. The first kappa shape index (κ1) is 14.4. The summed E-state index contributed by atoms with van der Waals surface area (Å²) in [5.41, 5.74) is 7.26. The maximum atomic E-state index is 12.0. The summed E-state index contributed by atoms with van der Waals surface area (Å²) >= 11 is 1.35. The van der Waals surface area contributed by atoms with E-state index in [2.05, 4.69) is 10.3 Å². The fourth-order valence-corrected chi connectivity index (χ4v) is 2.87. The number of hydrogen-bond acceptors (Lipinski definition) is 5. The molecule has 0 unspecified atom stereocenters. The highest BCUT2D eigenvalue weighted by molar-refractivity contribution is 7.21. The molecule has 0 fully saturated rings. The third-order valence-electron chi connectivity index (χ3n) is 2.90. The van der Waals surface area contributed by atoms with E-state index in [0.29, 0.717) is 4.88 Å². The number of amides is 1. The van der Waals surface area contributed by atoms with Gasteiger partial charge in [-0.3, -0.25) is 14.6 Å². The van der Waals surface area contributed by atoms with Crippen LogP contribution in [-0.2, 0) is 11.2 Å². The molecule has 2 heterocycles.